The Hall–Kier alpha value is -2.11. The lowest BCUT2D eigenvalue weighted by molar-refractivity contribution is 0.629. The molecule has 0 spiro atoms. The van der Waals surface area contributed by atoms with Crippen LogP contribution in [0, 0.1) is 5.82 Å². The molecule has 0 aliphatic heterocycles. The number of aromatic nitrogens is 3. The van der Waals surface area contributed by atoms with Crippen molar-refractivity contribution in [2.45, 2.75) is 6.54 Å². The van der Waals surface area contributed by atoms with E-state index in [1.807, 2.05) is 0 Å². The maximum Gasteiger partial charge on any atom is 0.169 e. The smallest absolute Gasteiger partial charge is 0.169 e. The Kier molecular flexibility index (Phi) is 2.72. The van der Waals surface area contributed by atoms with Gasteiger partial charge >= 0.3 is 0 Å². The first kappa shape index (κ1) is 10.4. The summed E-state index contributed by atoms with van der Waals surface area (Å²) < 4.78 is 14.6. The van der Waals surface area contributed by atoms with Crippen molar-refractivity contribution >= 4 is 11.4 Å². The normalized spacial score (nSPS) is 10.4. The number of hydrogen-bond acceptors (Lipinski definition) is 4. The van der Waals surface area contributed by atoms with Crippen molar-refractivity contribution < 1.29 is 4.39 Å². The van der Waals surface area contributed by atoms with Crippen LogP contribution in [-0.2, 0) is 13.6 Å². The lowest BCUT2D eigenvalue weighted by atomic mass is 10.2. The number of anilines is 2. The number of benzene rings is 1. The molecule has 1 heterocycles. The summed E-state index contributed by atoms with van der Waals surface area (Å²) in [6, 6.07) is 4.30. The molecule has 0 fully saturated rings. The average Bonchev–Trinajstić information content (AvgIpc) is 2.60. The summed E-state index contributed by atoms with van der Waals surface area (Å²) in [5.41, 5.74) is 6.52. The number of aryl methyl sites for hydroxylation is 1. The monoisotopic (exact) mass is 221 g/mol. The SMILES string of the molecule is Cn1cnc(CNc2cc(N)cc(F)c2)n1. The minimum Gasteiger partial charge on any atom is -0.399 e. The highest BCUT2D eigenvalue weighted by Crippen LogP contribution is 2.15. The molecule has 0 saturated heterocycles. The quantitative estimate of drug-likeness (QED) is 0.763. The number of nitrogens with one attached hydrogen (secondary N) is 1. The lowest BCUT2D eigenvalue weighted by Gasteiger charge is -2.04. The van der Waals surface area contributed by atoms with E-state index in [4.69, 9.17) is 5.73 Å². The third kappa shape index (κ3) is 2.47. The van der Waals surface area contributed by atoms with Gasteiger partial charge in [-0.3, -0.25) is 4.68 Å². The van der Waals surface area contributed by atoms with Gasteiger partial charge < -0.3 is 11.1 Å². The first-order valence-corrected chi connectivity index (χ1v) is 4.78. The zero-order valence-electron chi connectivity index (χ0n) is 8.81. The molecule has 0 aliphatic carbocycles. The molecule has 0 atom stereocenters. The molecule has 1 aromatic heterocycles. The zero-order valence-corrected chi connectivity index (χ0v) is 8.81. The standard InChI is InChI=1S/C10H12FN5/c1-16-6-14-10(15-16)5-13-9-3-7(11)2-8(12)4-9/h2-4,6,13H,5,12H2,1H3. The van der Waals surface area contributed by atoms with Crippen LogP contribution in [-0.4, -0.2) is 14.8 Å². The van der Waals surface area contributed by atoms with E-state index in [0.29, 0.717) is 23.7 Å². The molecule has 1 aromatic carbocycles. The number of nitrogens with zero attached hydrogens (tertiary/aromatic N) is 3. The molecule has 5 nitrogen and oxygen atoms in total. The third-order valence-electron chi connectivity index (χ3n) is 2.02. The second kappa shape index (κ2) is 4.18. The van der Waals surface area contributed by atoms with E-state index < -0.39 is 0 Å². The molecular formula is C10H12FN5. The molecule has 0 radical (unpaired) electrons. The largest absolute Gasteiger partial charge is 0.399 e. The van der Waals surface area contributed by atoms with Gasteiger partial charge in [0.25, 0.3) is 0 Å². The molecule has 2 rings (SSSR count). The first-order valence-electron chi connectivity index (χ1n) is 4.78. The minimum absolute atomic E-state index is 0.364. The van der Waals surface area contributed by atoms with Crippen LogP contribution in [0.4, 0.5) is 15.8 Å². The fourth-order valence-corrected chi connectivity index (χ4v) is 1.36. The Morgan fingerprint density at radius 2 is 2.25 bits per heavy atom. The maximum absolute atomic E-state index is 13.0. The third-order valence-corrected chi connectivity index (χ3v) is 2.02. The Bertz CT molecular complexity index is 473. The molecule has 3 N–H and O–H groups in total. The van der Waals surface area contributed by atoms with Crippen LogP contribution in [0.15, 0.2) is 24.5 Å². The summed E-state index contributed by atoms with van der Waals surface area (Å²) in [4.78, 5) is 4.04. The van der Waals surface area contributed by atoms with Gasteiger partial charge in [-0.25, -0.2) is 9.37 Å². The van der Waals surface area contributed by atoms with E-state index >= 15 is 0 Å². The van der Waals surface area contributed by atoms with Crippen LogP contribution >= 0.6 is 0 Å². The van der Waals surface area contributed by atoms with E-state index in [1.165, 1.54) is 12.1 Å². The summed E-state index contributed by atoms with van der Waals surface area (Å²) in [5, 5.41) is 7.09. The fourth-order valence-electron chi connectivity index (χ4n) is 1.36. The number of halogens is 1. The predicted molar refractivity (Wildman–Crippen MR) is 59.1 cm³/mol. The van der Waals surface area contributed by atoms with E-state index in [2.05, 4.69) is 15.4 Å². The van der Waals surface area contributed by atoms with Gasteiger partial charge in [-0.2, -0.15) is 5.10 Å². The van der Waals surface area contributed by atoms with E-state index in [0.717, 1.165) is 0 Å². The van der Waals surface area contributed by atoms with Gasteiger partial charge in [-0.15, -0.1) is 0 Å². The topological polar surface area (TPSA) is 68.8 Å². The van der Waals surface area contributed by atoms with Gasteiger partial charge in [0.15, 0.2) is 5.82 Å². The van der Waals surface area contributed by atoms with Crippen LogP contribution in [0.2, 0.25) is 0 Å². The van der Waals surface area contributed by atoms with Crippen molar-refractivity contribution in [3.8, 4) is 0 Å². The van der Waals surface area contributed by atoms with E-state index in [1.54, 1.807) is 24.1 Å². The number of nitrogens with two attached hydrogens (primary N) is 1. The van der Waals surface area contributed by atoms with Gasteiger partial charge in [0, 0.05) is 18.4 Å². The second-order valence-electron chi connectivity index (χ2n) is 3.46. The Balaban J connectivity index is 2.04. The molecule has 0 unspecified atom stereocenters. The van der Waals surface area contributed by atoms with Gasteiger partial charge in [0.2, 0.25) is 0 Å². The van der Waals surface area contributed by atoms with Crippen molar-refractivity contribution in [1.82, 2.24) is 14.8 Å². The van der Waals surface area contributed by atoms with Gasteiger partial charge in [0.1, 0.15) is 12.1 Å². The van der Waals surface area contributed by atoms with Gasteiger partial charge in [-0.05, 0) is 18.2 Å². The van der Waals surface area contributed by atoms with Crippen molar-refractivity contribution in [2.75, 3.05) is 11.1 Å². The molecule has 0 amide bonds. The Morgan fingerprint density at radius 1 is 1.44 bits per heavy atom. The molecule has 84 valence electrons. The predicted octanol–water partition coefficient (Wildman–Crippen LogP) is 1.15. The zero-order chi connectivity index (χ0) is 11.5. The van der Waals surface area contributed by atoms with Crippen LogP contribution in [0.5, 0.6) is 0 Å². The molecule has 16 heavy (non-hydrogen) atoms. The fraction of sp³-hybridized carbons (Fsp3) is 0.200. The maximum atomic E-state index is 13.0. The number of rotatable bonds is 3. The van der Waals surface area contributed by atoms with E-state index in [-0.39, 0.29) is 5.82 Å². The van der Waals surface area contributed by atoms with Crippen molar-refractivity contribution in [2.24, 2.45) is 7.05 Å². The minimum atomic E-state index is -0.364. The van der Waals surface area contributed by atoms with E-state index in [9.17, 15) is 4.39 Å². The molecule has 0 bridgehead atoms. The summed E-state index contributed by atoms with van der Waals surface area (Å²) in [6.45, 7) is 0.434. The van der Waals surface area contributed by atoms with Gasteiger partial charge in [-0.1, -0.05) is 0 Å². The highest BCUT2D eigenvalue weighted by Gasteiger charge is 2.01. The molecule has 2 aromatic rings. The highest BCUT2D eigenvalue weighted by molar-refractivity contribution is 5.54. The number of hydrogen-bond donors (Lipinski definition) is 2. The first-order chi connectivity index (χ1) is 7.63. The van der Waals surface area contributed by atoms with Crippen LogP contribution in [0.3, 0.4) is 0 Å². The number of nitrogen functional groups attached to an aromatic ring is 1. The van der Waals surface area contributed by atoms with Crippen LogP contribution in [0.25, 0.3) is 0 Å². The van der Waals surface area contributed by atoms with Crippen LogP contribution < -0.4 is 11.1 Å². The summed E-state index contributed by atoms with van der Waals surface area (Å²) in [7, 11) is 1.79. The molecule has 0 saturated carbocycles. The Labute approximate surface area is 92.1 Å². The Morgan fingerprint density at radius 3 is 2.88 bits per heavy atom. The average molecular weight is 221 g/mol. The summed E-state index contributed by atoms with van der Waals surface area (Å²) >= 11 is 0. The molecule has 0 aliphatic rings. The van der Waals surface area contributed by atoms with Crippen molar-refractivity contribution in [3.63, 3.8) is 0 Å². The second-order valence-corrected chi connectivity index (χ2v) is 3.46. The van der Waals surface area contributed by atoms with Crippen molar-refractivity contribution in [3.05, 3.63) is 36.2 Å². The lowest BCUT2D eigenvalue weighted by Crippen LogP contribution is -2.03. The van der Waals surface area contributed by atoms with Gasteiger partial charge in [0.05, 0.1) is 6.54 Å². The van der Waals surface area contributed by atoms with Crippen LogP contribution in [0.1, 0.15) is 5.82 Å². The summed E-state index contributed by atoms with van der Waals surface area (Å²) in [6.07, 6.45) is 1.61. The summed E-state index contributed by atoms with van der Waals surface area (Å²) in [5.74, 6) is 0.279. The van der Waals surface area contributed by atoms with Crippen molar-refractivity contribution in [1.29, 1.82) is 0 Å². The molecule has 6 heteroatoms. The molecular weight excluding hydrogens is 209 g/mol. The highest BCUT2D eigenvalue weighted by atomic mass is 19.1.